The molecule has 9 heteroatoms. The van der Waals surface area contributed by atoms with E-state index in [0.29, 0.717) is 36.0 Å². The van der Waals surface area contributed by atoms with Crippen LogP contribution in [0.1, 0.15) is 34.3 Å². The molecular weight excluding hydrogens is 516 g/mol. The average Bonchev–Trinajstić information content (AvgIpc) is 3.48. The number of carbonyl (C=O) groups excluding carboxylic acids is 2. The first-order valence-corrected chi connectivity index (χ1v) is 14.3. The smallest absolute Gasteiger partial charge is 0.275 e. The van der Waals surface area contributed by atoms with Crippen molar-refractivity contribution in [2.75, 3.05) is 31.3 Å². The summed E-state index contributed by atoms with van der Waals surface area (Å²) < 4.78 is 5.38. The number of thioether (sulfide) groups is 1. The summed E-state index contributed by atoms with van der Waals surface area (Å²) in [5.74, 6) is 1.17. The number of benzene rings is 2. The van der Waals surface area contributed by atoms with Crippen LogP contribution in [0, 0.1) is 0 Å². The molecule has 0 radical (unpaired) electrons. The molecule has 5 rings (SSSR count). The molecule has 0 unspecified atom stereocenters. The van der Waals surface area contributed by atoms with E-state index in [0.717, 1.165) is 34.0 Å². The molecule has 0 saturated carbocycles. The molecule has 0 aliphatic carbocycles. The highest BCUT2D eigenvalue weighted by atomic mass is 32.2. The van der Waals surface area contributed by atoms with Crippen LogP contribution in [-0.4, -0.2) is 52.6 Å². The van der Waals surface area contributed by atoms with E-state index in [1.165, 1.54) is 23.1 Å². The summed E-state index contributed by atoms with van der Waals surface area (Å²) in [6.45, 7) is 1.38. The molecule has 1 aliphatic rings. The van der Waals surface area contributed by atoms with Crippen LogP contribution >= 0.6 is 23.1 Å². The molecule has 3 heterocycles. The molecule has 0 atom stereocenters. The number of hydrogen-bond acceptors (Lipinski definition) is 7. The van der Waals surface area contributed by atoms with Crippen LogP contribution in [0.25, 0.3) is 11.1 Å². The number of rotatable bonds is 8. The third-order valence-electron chi connectivity index (χ3n) is 6.49. The van der Waals surface area contributed by atoms with Crippen molar-refractivity contribution in [3.8, 4) is 16.9 Å². The first kappa shape index (κ1) is 25.9. The van der Waals surface area contributed by atoms with Crippen LogP contribution in [0.5, 0.6) is 5.75 Å². The number of piperidine rings is 1. The van der Waals surface area contributed by atoms with E-state index >= 15 is 0 Å². The van der Waals surface area contributed by atoms with Gasteiger partial charge in [-0.1, -0.05) is 48.2 Å². The molecule has 1 N–H and O–H groups in total. The van der Waals surface area contributed by atoms with E-state index in [1.54, 1.807) is 13.3 Å². The maximum Gasteiger partial charge on any atom is 0.275 e. The van der Waals surface area contributed by atoms with Crippen molar-refractivity contribution < 1.29 is 14.3 Å². The van der Waals surface area contributed by atoms with Crippen LogP contribution in [-0.2, 0) is 4.79 Å². The van der Waals surface area contributed by atoms with Crippen molar-refractivity contribution in [3.05, 3.63) is 89.0 Å². The topological polar surface area (TPSA) is 84.4 Å². The van der Waals surface area contributed by atoms with Gasteiger partial charge in [0, 0.05) is 42.2 Å². The van der Waals surface area contributed by atoms with E-state index in [9.17, 15) is 9.59 Å². The minimum absolute atomic E-state index is 0.130. The maximum absolute atomic E-state index is 13.2. The molecule has 1 aliphatic heterocycles. The monoisotopic (exact) mass is 544 g/mol. The molecule has 4 aromatic rings. The van der Waals surface area contributed by atoms with Gasteiger partial charge < -0.3 is 15.0 Å². The summed E-state index contributed by atoms with van der Waals surface area (Å²) in [5.41, 5.74) is 2.99. The molecule has 38 heavy (non-hydrogen) atoms. The molecular formula is C29H28N4O3S2. The van der Waals surface area contributed by atoms with Gasteiger partial charge in [-0.15, -0.1) is 11.3 Å². The number of nitrogens with one attached hydrogen (secondary N) is 1. The van der Waals surface area contributed by atoms with Gasteiger partial charge in [0.15, 0.2) is 0 Å². The standard InChI is InChI=1S/C29H28N4O3S2/c1-36-22-10-11-23(20-7-3-2-4-8-20)24(17-22)31-28(35)25-18-38-29(32-25)21-12-15-33(16-13-21)27(34)19-37-26-9-5-6-14-30-26/h2-11,14,17-18,21H,12-13,15-16,19H2,1H3,(H,31,35). The van der Waals surface area contributed by atoms with E-state index in [-0.39, 0.29) is 17.7 Å². The lowest BCUT2D eigenvalue weighted by Gasteiger charge is -2.31. The Morgan fingerprint density at radius 2 is 1.87 bits per heavy atom. The molecule has 194 valence electrons. The minimum atomic E-state index is -0.253. The van der Waals surface area contributed by atoms with Crippen molar-refractivity contribution in [1.82, 2.24) is 14.9 Å². The molecule has 2 aromatic heterocycles. The van der Waals surface area contributed by atoms with Gasteiger partial charge in [-0.05, 0) is 42.7 Å². The Morgan fingerprint density at radius 1 is 1.08 bits per heavy atom. The van der Waals surface area contributed by atoms with E-state index in [1.807, 2.05) is 77.0 Å². The number of likely N-dealkylation sites (tertiary alicyclic amines) is 1. The second kappa shape index (κ2) is 12.2. The molecule has 2 amide bonds. The van der Waals surface area contributed by atoms with Gasteiger partial charge >= 0.3 is 0 Å². The highest BCUT2D eigenvalue weighted by Crippen LogP contribution is 2.33. The van der Waals surface area contributed by atoms with Crippen molar-refractivity contribution in [1.29, 1.82) is 0 Å². The summed E-state index contributed by atoms with van der Waals surface area (Å²) in [6, 6.07) is 21.3. The van der Waals surface area contributed by atoms with E-state index < -0.39 is 0 Å². The lowest BCUT2D eigenvalue weighted by Crippen LogP contribution is -2.38. The van der Waals surface area contributed by atoms with Crippen molar-refractivity contribution >= 4 is 40.6 Å². The van der Waals surface area contributed by atoms with Gasteiger partial charge in [-0.25, -0.2) is 9.97 Å². The Hall–Kier alpha value is -3.69. The average molecular weight is 545 g/mol. The number of hydrogen-bond donors (Lipinski definition) is 1. The van der Waals surface area contributed by atoms with Crippen LogP contribution in [0.2, 0.25) is 0 Å². The Balaban J connectivity index is 1.19. The highest BCUT2D eigenvalue weighted by Gasteiger charge is 2.26. The third kappa shape index (κ3) is 6.23. The minimum Gasteiger partial charge on any atom is -0.497 e. The lowest BCUT2D eigenvalue weighted by atomic mass is 9.97. The predicted octanol–water partition coefficient (Wildman–Crippen LogP) is 5.96. The van der Waals surface area contributed by atoms with Gasteiger partial charge in [0.05, 0.1) is 28.6 Å². The number of amides is 2. The Bertz CT molecular complexity index is 1390. The van der Waals surface area contributed by atoms with Gasteiger partial charge in [-0.3, -0.25) is 9.59 Å². The van der Waals surface area contributed by atoms with E-state index in [2.05, 4.69) is 15.3 Å². The summed E-state index contributed by atoms with van der Waals surface area (Å²) >= 11 is 2.97. The highest BCUT2D eigenvalue weighted by molar-refractivity contribution is 7.99. The zero-order valence-corrected chi connectivity index (χ0v) is 22.6. The molecule has 1 saturated heterocycles. The summed E-state index contributed by atoms with van der Waals surface area (Å²) in [4.78, 5) is 36.7. The first-order valence-electron chi connectivity index (χ1n) is 12.4. The zero-order valence-electron chi connectivity index (χ0n) is 21.0. The molecule has 0 spiro atoms. The number of aromatic nitrogens is 2. The first-order chi connectivity index (χ1) is 18.6. The number of pyridine rings is 1. The summed E-state index contributed by atoms with van der Waals surface area (Å²) in [7, 11) is 1.61. The Morgan fingerprint density at radius 3 is 2.61 bits per heavy atom. The number of nitrogens with zero attached hydrogens (tertiary/aromatic N) is 3. The largest absolute Gasteiger partial charge is 0.497 e. The number of ether oxygens (including phenoxy) is 1. The summed E-state index contributed by atoms with van der Waals surface area (Å²) in [6.07, 6.45) is 3.41. The predicted molar refractivity (Wildman–Crippen MR) is 152 cm³/mol. The SMILES string of the molecule is COc1ccc(-c2ccccc2)c(NC(=O)c2csc(C3CCN(C(=O)CSc4ccccn4)CC3)n2)c1. The van der Waals surface area contributed by atoms with Gasteiger partial charge in [0.25, 0.3) is 5.91 Å². The van der Waals surface area contributed by atoms with Crippen molar-refractivity contribution in [2.24, 2.45) is 0 Å². The van der Waals surface area contributed by atoms with Gasteiger partial charge in [-0.2, -0.15) is 0 Å². The lowest BCUT2D eigenvalue weighted by molar-refractivity contribution is -0.129. The number of methoxy groups -OCH3 is 1. The molecule has 0 bridgehead atoms. The molecule has 2 aromatic carbocycles. The second-order valence-electron chi connectivity index (χ2n) is 8.91. The third-order valence-corrected chi connectivity index (χ3v) is 8.43. The van der Waals surface area contributed by atoms with E-state index in [4.69, 9.17) is 4.74 Å². The quantitative estimate of drug-likeness (QED) is 0.275. The number of anilines is 1. The fourth-order valence-corrected chi connectivity index (χ4v) is 6.16. The second-order valence-corrected chi connectivity index (χ2v) is 10.8. The van der Waals surface area contributed by atoms with Gasteiger partial charge in [0.2, 0.25) is 5.91 Å². The van der Waals surface area contributed by atoms with Gasteiger partial charge in [0.1, 0.15) is 11.4 Å². The molecule has 7 nitrogen and oxygen atoms in total. The summed E-state index contributed by atoms with van der Waals surface area (Å²) in [5, 5.41) is 6.64. The van der Waals surface area contributed by atoms with Crippen molar-refractivity contribution in [3.63, 3.8) is 0 Å². The van der Waals surface area contributed by atoms with Crippen LogP contribution in [0.15, 0.2) is 83.3 Å². The van der Waals surface area contributed by atoms with Crippen LogP contribution in [0.3, 0.4) is 0 Å². The zero-order chi connectivity index (χ0) is 26.3. The number of carbonyl (C=O) groups is 2. The molecule has 1 fully saturated rings. The van der Waals surface area contributed by atoms with Crippen LogP contribution in [0.4, 0.5) is 5.69 Å². The van der Waals surface area contributed by atoms with Crippen molar-refractivity contribution in [2.45, 2.75) is 23.8 Å². The number of thiazole rings is 1. The normalized spacial score (nSPS) is 13.8. The maximum atomic E-state index is 13.2. The Kier molecular flexibility index (Phi) is 8.35. The Labute approximate surface area is 230 Å². The fraction of sp³-hybridized carbons (Fsp3) is 0.241. The van der Waals surface area contributed by atoms with Crippen LogP contribution < -0.4 is 10.1 Å². The fourth-order valence-electron chi connectivity index (χ4n) is 4.42.